The first-order valence-electron chi connectivity index (χ1n) is 9.27. The highest BCUT2D eigenvalue weighted by atomic mass is 32.1. The second-order valence-electron chi connectivity index (χ2n) is 8.22. The van der Waals surface area contributed by atoms with Crippen LogP contribution in [0.4, 0.5) is 0 Å². The Hall–Kier alpha value is -2.67. The predicted molar refractivity (Wildman–Crippen MR) is 109 cm³/mol. The number of nitrogens with one attached hydrogen (secondary N) is 2. The monoisotopic (exact) mass is 399 g/mol. The molecule has 4 N–H and O–H groups in total. The number of aryl methyl sites for hydroxylation is 1. The summed E-state index contributed by atoms with van der Waals surface area (Å²) in [5, 5.41) is 0. The normalized spacial score (nSPS) is 16.2. The molecule has 0 bridgehead atoms. The van der Waals surface area contributed by atoms with Crippen LogP contribution in [0.5, 0.6) is 0 Å². The van der Waals surface area contributed by atoms with Crippen molar-refractivity contribution in [2.45, 2.75) is 40.0 Å². The van der Waals surface area contributed by atoms with Crippen LogP contribution < -0.4 is 16.6 Å². The number of carbonyl (C=O) groups excluding carboxylic acids is 3. The second-order valence-corrected chi connectivity index (χ2v) is 9.35. The standard InChI is InChI=1S/C21H25N3O3S/c1-21(2,3)15-7-8-16-14(10-15)11-17(28-16)20(27)24-23-19(26)13-6-4-5-12(9-13)18(22)25/h4-6,9,11,15H,7-8,10H2,1-3H3,(H2,22,25)(H,23,26)(H,24,27)/t15-/m1/s1. The van der Waals surface area contributed by atoms with Crippen LogP contribution in [0.25, 0.3) is 0 Å². The molecule has 3 amide bonds. The van der Waals surface area contributed by atoms with E-state index in [-0.39, 0.29) is 22.4 Å². The average molecular weight is 400 g/mol. The molecule has 28 heavy (non-hydrogen) atoms. The number of hydrazine groups is 1. The highest BCUT2D eigenvalue weighted by molar-refractivity contribution is 7.14. The van der Waals surface area contributed by atoms with Crippen molar-refractivity contribution in [1.82, 2.24) is 10.9 Å². The summed E-state index contributed by atoms with van der Waals surface area (Å²) in [4.78, 5) is 37.8. The van der Waals surface area contributed by atoms with Gasteiger partial charge in [-0.3, -0.25) is 25.2 Å². The number of nitrogens with two attached hydrogens (primary N) is 1. The Kier molecular flexibility index (Phi) is 5.56. The highest BCUT2D eigenvalue weighted by Crippen LogP contribution is 2.40. The summed E-state index contributed by atoms with van der Waals surface area (Å²) in [7, 11) is 0. The Morgan fingerprint density at radius 3 is 2.43 bits per heavy atom. The molecule has 7 heteroatoms. The van der Waals surface area contributed by atoms with E-state index in [1.165, 1.54) is 33.9 Å². The third-order valence-corrected chi connectivity index (χ3v) is 6.47. The van der Waals surface area contributed by atoms with Crippen LogP contribution >= 0.6 is 11.3 Å². The highest BCUT2D eigenvalue weighted by Gasteiger charge is 2.30. The molecular weight excluding hydrogens is 374 g/mol. The number of thiophene rings is 1. The SMILES string of the molecule is CC(C)(C)[C@@H]1CCc2sc(C(=O)NNC(=O)c3cccc(C(N)=O)c3)cc2C1. The van der Waals surface area contributed by atoms with Crippen molar-refractivity contribution >= 4 is 29.1 Å². The molecule has 1 aromatic carbocycles. The smallest absolute Gasteiger partial charge is 0.279 e. The van der Waals surface area contributed by atoms with Gasteiger partial charge in [0.15, 0.2) is 0 Å². The molecule has 0 fully saturated rings. The maximum atomic E-state index is 12.5. The molecule has 0 saturated carbocycles. The van der Waals surface area contributed by atoms with E-state index in [2.05, 4.69) is 31.6 Å². The van der Waals surface area contributed by atoms with E-state index in [4.69, 9.17) is 5.73 Å². The Morgan fingerprint density at radius 2 is 1.75 bits per heavy atom. The first-order valence-corrected chi connectivity index (χ1v) is 10.1. The van der Waals surface area contributed by atoms with Crippen molar-refractivity contribution in [3.63, 3.8) is 0 Å². The van der Waals surface area contributed by atoms with Gasteiger partial charge < -0.3 is 5.73 Å². The topological polar surface area (TPSA) is 101 Å². The molecule has 2 aromatic rings. The first kappa shape index (κ1) is 20.1. The lowest BCUT2D eigenvalue weighted by Gasteiger charge is -2.33. The number of fused-ring (bicyclic) bond motifs is 1. The quantitative estimate of drug-likeness (QED) is 0.691. The number of rotatable bonds is 3. The molecule has 0 unspecified atom stereocenters. The zero-order valence-corrected chi connectivity index (χ0v) is 17.1. The Morgan fingerprint density at radius 1 is 1.07 bits per heavy atom. The third-order valence-electron chi connectivity index (χ3n) is 5.23. The van der Waals surface area contributed by atoms with E-state index in [1.54, 1.807) is 12.1 Å². The average Bonchev–Trinajstić information content (AvgIpc) is 3.08. The van der Waals surface area contributed by atoms with Crippen LogP contribution in [0, 0.1) is 11.3 Å². The fourth-order valence-electron chi connectivity index (χ4n) is 3.44. The molecule has 0 aliphatic heterocycles. The van der Waals surface area contributed by atoms with E-state index in [0.717, 1.165) is 19.3 Å². The molecule has 148 valence electrons. The van der Waals surface area contributed by atoms with Crippen molar-refractivity contribution in [2.24, 2.45) is 17.1 Å². The zero-order chi connectivity index (χ0) is 20.5. The molecule has 1 atom stereocenters. The first-order chi connectivity index (χ1) is 13.1. The van der Waals surface area contributed by atoms with Gasteiger partial charge in [-0.15, -0.1) is 11.3 Å². The lowest BCUT2D eigenvalue weighted by atomic mass is 9.72. The molecule has 1 heterocycles. The van der Waals surface area contributed by atoms with Crippen molar-refractivity contribution in [1.29, 1.82) is 0 Å². The summed E-state index contributed by atoms with van der Waals surface area (Å²) in [6, 6.07) is 7.96. The van der Waals surface area contributed by atoms with Crippen LogP contribution in [0.1, 0.15) is 68.0 Å². The van der Waals surface area contributed by atoms with Crippen molar-refractivity contribution in [2.75, 3.05) is 0 Å². The van der Waals surface area contributed by atoms with Gasteiger partial charge >= 0.3 is 0 Å². The van der Waals surface area contributed by atoms with Gasteiger partial charge in [0.05, 0.1) is 4.88 Å². The maximum Gasteiger partial charge on any atom is 0.279 e. The Labute approximate surface area is 168 Å². The molecule has 0 radical (unpaired) electrons. The van der Waals surface area contributed by atoms with Gasteiger partial charge in [0.1, 0.15) is 0 Å². The molecule has 1 aliphatic carbocycles. The van der Waals surface area contributed by atoms with Crippen LogP contribution in [0.2, 0.25) is 0 Å². The summed E-state index contributed by atoms with van der Waals surface area (Å²) in [5.74, 6) is -0.865. The maximum absolute atomic E-state index is 12.5. The Balaban J connectivity index is 1.63. The van der Waals surface area contributed by atoms with Gasteiger partial charge in [-0.1, -0.05) is 26.8 Å². The molecule has 3 rings (SSSR count). The lowest BCUT2D eigenvalue weighted by molar-refractivity contribution is 0.0848. The van der Waals surface area contributed by atoms with E-state index in [9.17, 15) is 14.4 Å². The number of primary amides is 1. The number of benzene rings is 1. The van der Waals surface area contributed by atoms with Crippen LogP contribution in [0.3, 0.4) is 0 Å². The van der Waals surface area contributed by atoms with Gasteiger partial charge in [0.25, 0.3) is 11.8 Å². The van der Waals surface area contributed by atoms with Crippen LogP contribution in [0.15, 0.2) is 30.3 Å². The minimum atomic E-state index is -0.614. The number of carbonyl (C=O) groups is 3. The summed E-state index contributed by atoms with van der Waals surface area (Å²) >= 11 is 1.49. The molecule has 0 saturated heterocycles. The summed E-state index contributed by atoms with van der Waals surface area (Å²) < 4.78 is 0. The van der Waals surface area contributed by atoms with Gasteiger partial charge in [0.2, 0.25) is 5.91 Å². The van der Waals surface area contributed by atoms with E-state index in [1.807, 2.05) is 6.07 Å². The van der Waals surface area contributed by atoms with Gasteiger partial charge in [-0.2, -0.15) is 0 Å². The summed E-state index contributed by atoms with van der Waals surface area (Å²) in [6.07, 6.45) is 3.10. The molecule has 0 spiro atoms. The summed E-state index contributed by atoms with van der Waals surface area (Å²) in [6.45, 7) is 6.77. The number of amides is 3. The molecule has 1 aliphatic rings. The molecular formula is C21H25N3O3S. The van der Waals surface area contributed by atoms with E-state index >= 15 is 0 Å². The fourth-order valence-corrected chi connectivity index (χ4v) is 4.54. The Bertz CT molecular complexity index is 927. The number of hydrogen-bond donors (Lipinski definition) is 3. The lowest BCUT2D eigenvalue weighted by Crippen LogP contribution is -2.41. The van der Waals surface area contributed by atoms with Gasteiger partial charge in [-0.05, 0) is 60.4 Å². The number of hydrogen-bond acceptors (Lipinski definition) is 4. The van der Waals surface area contributed by atoms with E-state index in [0.29, 0.717) is 10.8 Å². The minimum Gasteiger partial charge on any atom is -0.366 e. The van der Waals surface area contributed by atoms with E-state index < -0.39 is 11.8 Å². The second kappa shape index (κ2) is 7.75. The van der Waals surface area contributed by atoms with Crippen molar-refractivity contribution in [3.8, 4) is 0 Å². The fraction of sp³-hybridized carbons (Fsp3) is 0.381. The van der Waals surface area contributed by atoms with Gasteiger partial charge in [0, 0.05) is 16.0 Å². The third kappa shape index (κ3) is 4.42. The predicted octanol–water partition coefficient (Wildman–Crippen LogP) is 3.07. The zero-order valence-electron chi connectivity index (χ0n) is 16.3. The van der Waals surface area contributed by atoms with Crippen LogP contribution in [-0.2, 0) is 12.8 Å². The molecule has 1 aromatic heterocycles. The summed E-state index contributed by atoms with van der Waals surface area (Å²) in [5.41, 5.74) is 12.0. The van der Waals surface area contributed by atoms with Gasteiger partial charge in [-0.25, -0.2) is 0 Å². The largest absolute Gasteiger partial charge is 0.366 e. The molecule has 6 nitrogen and oxygen atoms in total. The van der Waals surface area contributed by atoms with Crippen molar-refractivity contribution in [3.05, 3.63) is 56.8 Å². The van der Waals surface area contributed by atoms with Crippen LogP contribution in [-0.4, -0.2) is 17.7 Å². The van der Waals surface area contributed by atoms with Crippen molar-refractivity contribution < 1.29 is 14.4 Å². The minimum absolute atomic E-state index is 0.235.